The highest BCUT2D eigenvalue weighted by atomic mass is 79.9. The zero-order valence-electron chi connectivity index (χ0n) is 6.96. The van der Waals surface area contributed by atoms with Crippen LogP contribution < -0.4 is 0 Å². The number of hydrogen-bond donors (Lipinski definition) is 0. The second-order valence-corrected chi connectivity index (χ2v) is 3.77. The molecule has 0 bridgehead atoms. The summed E-state index contributed by atoms with van der Waals surface area (Å²) in [5.41, 5.74) is 0.696. The van der Waals surface area contributed by atoms with Gasteiger partial charge < -0.3 is 0 Å². The summed E-state index contributed by atoms with van der Waals surface area (Å²) in [5, 5.41) is 17.6. The van der Waals surface area contributed by atoms with Gasteiger partial charge in [0.25, 0.3) is 0 Å². The van der Waals surface area contributed by atoms with Gasteiger partial charge in [0.1, 0.15) is 17.7 Å². The van der Waals surface area contributed by atoms with Crippen LogP contribution in [0.2, 0.25) is 5.02 Å². The van der Waals surface area contributed by atoms with Crippen molar-refractivity contribution in [3.8, 4) is 12.1 Å². The molecule has 0 aliphatic heterocycles. The second kappa shape index (κ2) is 4.81. The molecule has 0 N–H and O–H groups in total. The number of benzene rings is 1. The van der Waals surface area contributed by atoms with Gasteiger partial charge in [0.05, 0.1) is 0 Å². The van der Waals surface area contributed by atoms with Crippen molar-refractivity contribution in [3.63, 3.8) is 0 Å². The van der Waals surface area contributed by atoms with Gasteiger partial charge in [0, 0.05) is 9.50 Å². The predicted molar refractivity (Wildman–Crippen MR) is 58.4 cm³/mol. The molecule has 14 heavy (non-hydrogen) atoms. The summed E-state index contributed by atoms with van der Waals surface area (Å²) in [6, 6.07) is 8.78. The first-order chi connectivity index (χ1) is 6.67. The van der Waals surface area contributed by atoms with Crippen molar-refractivity contribution < 1.29 is 0 Å². The number of nitrogens with zero attached hydrogens (tertiary/aromatic N) is 2. The fourth-order valence-corrected chi connectivity index (χ4v) is 1.59. The third-order valence-corrected chi connectivity index (χ3v) is 2.32. The molecule has 68 valence electrons. The average Bonchev–Trinajstić information content (AvgIpc) is 2.17. The zero-order valence-corrected chi connectivity index (χ0v) is 9.30. The SMILES string of the molecule is N#CC(C#N)=Cc1ccc(Br)cc1Cl. The summed E-state index contributed by atoms with van der Waals surface area (Å²) in [6.45, 7) is 0. The van der Waals surface area contributed by atoms with Crippen LogP contribution in [0, 0.1) is 22.7 Å². The molecule has 0 unspecified atom stereocenters. The van der Waals surface area contributed by atoms with E-state index in [0.29, 0.717) is 10.6 Å². The van der Waals surface area contributed by atoms with Crippen molar-refractivity contribution in [2.24, 2.45) is 0 Å². The van der Waals surface area contributed by atoms with E-state index in [4.69, 9.17) is 22.1 Å². The molecule has 0 radical (unpaired) electrons. The Balaban J connectivity index is 3.18. The van der Waals surface area contributed by atoms with Crippen LogP contribution >= 0.6 is 27.5 Å². The topological polar surface area (TPSA) is 47.6 Å². The Morgan fingerprint density at radius 2 is 2.00 bits per heavy atom. The van der Waals surface area contributed by atoms with E-state index in [0.717, 1.165) is 4.47 Å². The largest absolute Gasteiger partial charge is 0.192 e. The molecule has 1 aromatic carbocycles. The lowest BCUT2D eigenvalue weighted by molar-refractivity contribution is 1.47. The molecule has 0 aromatic heterocycles. The first-order valence-electron chi connectivity index (χ1n) is 3.64. The summed E-state index contributed by atoms with van der Waals surface area (Å²) in [4.78, 5) is 0. The van der Waals surface area contributed by atoms with E-state index in [1.165, 1.54) is 6.08 Å². The van der Waals surface area contributed by atoms with Crippen molar-refractivity contribution in [1.29, 1.82) is 10.5 Å². The molecule has 4 heteroatoms. The van der Waals surface area contributed by atoms with Crippen molar-refractivity contribution in [2.75, 3.05) is 0 Å². The van der Waals surface area contributed by atoms with Gasteiger partial charge in [-0.3, -0.25) is 0 Å². The Morgan fingerprint density at radius 3 is 2.50 bits per heavy atom. The maximum absolute atomic E-state index is 8.54. The fraction of sp³-hybridized carbons (Fsp3) is 0. The highest BCUT2D eigenvalue weighted by Crippen LogP contribution is 2.23. The normalized spacial score (nSPS) is 8.57. The molecular weight excluding hydrogens is 263 g/mol. The van der Waals surface area contributed by atoms with E-state index in [1.807, 2.05) is 0 Å². The Hall–Kier alpha value is -1.29. The first kappa shape index (κ1) is 10.8. The molecule has 0 spiro atoms. The minimum atomic E-state index is 0.0363. The van der Waals surface area contributed by atoms with Crippen LogP contribution in [0.25, 0.3) is 6.08 Å². The van der Waals surface area contributed by atoms with E-state index in [2.05, 4.69) is 15.9 Å². The van der Waals surface area contributed by atoms with Crippen molar-refractivity contribution in [1.82, 2.24) is 0 Å². The number of nitriles is 2. The highest BCUT2D eigenvalue weighted by Gasteiger charge is 2.00. The van der Waals surface area contributed by atoms with Gasteiger partial charge in [-0.1, -0.05) is 33.6 Å². The molecule has 2 nitrogen and oxygen atoms in total. The van der Waals surface area contributed by atoms with Gasteiger partial charge >= 0.3 is 0 Å². The Labute approximate surface area is 95.2 Å². The number of rotatable bonds is 1. The Morgan fingerprint density at radius 1 is 1.36 bits per heavy atom. The lowest BCUT2D eigenvalue weighted by atomic mass is 10.1. The standard InChI is InChI=1S/C10H4BrClN2/c11-9-2-1-8(10(12)4-9)3-7(5-13)6-14/h1-4H. The second-order valence-electron chi connectivity index (χ2n) is 2.45. The van der Waals surface area contributed by atoms with Crippen LogP contribution in [0.4, 0.5) is 0 Å². The lowest BCUT2D eigenvalue weighted by Gasteiger charge is -1.97. The molecule has 0 amide bonds. The Bertz CT molecular complexity index is 450. The summed E-state index contributed by atoms with van der Waals surface area (Å²) in [7, 11) is 0. The molecular formula is C10H4BrClN2. The molecule has 0 heterocycles. The van der Waals surface area contributed by atoms with Crippen LogP contribution in [0.5, 0.6) is 0 Å². The monoisotopic (exact) mass is 266 g/mol. The summed E-state index contributed by atoms with van der Waals surface area (Å²) < 4.78 is 0.857. The molecule has 0 saturated carbocycles. The van der Waals surface area contributed by atoms with E-state index in [-0.39, 0.29) is 5.57 Å². The van der Waals surface area contributed by atoms with Gasteiger partial charge in [-0.25, -0.2) is 0 Å². The minimum absolute atomic E-state index is 0.0363. The van der Waals surface area contributed by atoms with Crippen LogP contribution in [0.1, 0.15) is 5.56 Å². The van der Waals surface area contributed by atoms with Crippen molar-refractivity contribution in [3.05, 3.63) is 38.8 Å². The van der Waals surface area contributed by atoms with Crippen LogP contribution in [-0.2, 0) is 0 Å². The summed E-state index contributed by atoms with van der Waals surface area (Å²) in [5.74, 6) is 0. The first-order valence-corrected chi connectivity index (χ1v) is 4.81. The van der Waals surface area contributed by atoms with Crippen LogP contribution in [0.15, 0.2) is 28.2 Å². The van der Waals surface area contributed by atoms with E-state index < -0.39 is 0 Å². The van der Waals surface area contributed by atoms with Crippen molar-refractivity contribution >= 4 is 33.6 Å². The van der Waals surface area contributed by atoms with Gasteiger partial charge in [-0.05, 0) is 23.8 Å². The molecule has 0 aliphatic rings. The highest BCUT2D eigenvalue weighted by molar-refractivity contribution is 9.10. The number of hydrogen-bond acceptors (Lipinski definition) is 2. The van der Waals surface area contributed by atoms with E-state index in [9.17, 15) is 0 Å². The van der Waals surface area contributed by atoms with Gasteiger partial charge in [-0.2, -0.15) is 10.5 Å². The molecule has 0 atom stereocenters. The van der Waals surface area contributed by atoms with Gasteiger partial charge in [-0.15, -0.1) is 0 Å². The minimum Gasteiger partial charge on any atom is -0.192 e. The summed E-state index contributed by atoms with van der Waals surface area (Å²) >= 11 is 9.16. The van der Waals surface area contributed by atoms with E-state index >= 15 is 0 Å². The maximum atomic E-state index is 8.54. The molecule has 1 aromatic rings. The van der Waals surface area contributed by atoms with Gasteiger partial charge in [0.2, 0.25) is 0 Å². The molecule has 0 saturated heterocycles. The molecule has 0 aliphatic carbocycles. The van der Waals surface area contributed by atoms with E-state index in [1.54, 1.807) is 30.3 Å². The summed E-state index contributed by atoms with van der Waals surface area (Å²) in [6.07, 6.45) is 1.45. The van der Waals surface area contributed by atoms with Crippen molar-refractivity contribution in [2.45, 2.75) is 0 Å². The molecule has 0 fully saturated rings. The van der Waals surface area contributed by atoms with Crippen LogP contribution in [-0.4, -0.2) is 0 Å². The quantitative estimate of drug-likeness (QED) is 0.731. The fourth-order valence-electron chi connectivity index (χ4n) is 0.864. The number of allylic oxidation sites excluding steroid dienone is 1. The van der Waals surface area contributed by atoms with Gasteiger partial charge in [0.15, 0.2) is 0 Å². The average molecular weight is 268 g/mol. The third kappa shape index (κ3) is 2.60. The third-order valence-electron chi connectivity index (χ3n) is 1.50. The lowest BCUT2D eigenvalue weighted by Crippen LogP contribution is -1.78. The smallest absolute Gasteiger partial charge is 0.130 e. The Kier molecular flexibility index (Phi) is 3.71. The zero-order chi connectivity index (χ0) is 10.6. The van der Waals surface area contributed by atoms with Crippen LogP contribution in [0.3, 0.4) is 0 Å². The maximum Gasteiger partial charge on any atom is 0.130 e. The molecule has 1 rings (SSSR count). The number of halogens is 2. The predicted octanol–water partition coefficient (Wildman–Crippen LogP) is 3.53.